The van der Waals surface area contributed by atoms with E-state index in [1.807, 2.05) is 48.5 Å². The van der Waals surface area contributed by atoms with Crippen molar-refractivity contribution in [2.45, 2.75) is 12.3 Å². The van der Waals surface area contributed by atoms with Gasteiger partial charge in [-0.2, -0.15) is 4.80 Å². The number of anilines is 1. The van der Waals surface area contributed by atoms with E-state index in [4.69, 9.17) is 9.84 Å². The largest absolute Gasteiger partial charge is 0.504 e. The molecule has 0 saturated heterocycles. The van der Waals surface area contributed by atoms with Crippen molar-refractivity contribution in [2.24, 2.45) is 0 Å². The zero-order valence-electron chi connectivity index (χ0n) is 15.7. The number of methoxy groups -OCH3 is 1. The second-order valence-electron chi connectivity index (χ2n) is 6.96. The Labute approximate surface area is 166 Å². The summed E-state index contributed by atoms with van der Waals surface area (Å²) in [6, 6.07) is 18.6. The van der Waals surface area contributed by atoms with Crippen molar-refractivity contribution in [3.8, 4) is 17.2 Å². The number of carbonyl (C=O) groups excluding carboxylic acids is 1. The fourth-order valence-electron chi connectivity index (χ4n) is 3.82. The van der Waals surface area contributed by atoms with Gasteiger partial charge in [0.15, 0.2) is 11.5 Å². The molecule has 0 aliphatic carbocycles. The highest BCUT2D eigenvalue weighted by Crippen LogP contribution is 2.42. The number of rotatable bonds is 3. The van der Waals surface area contributed by atoms with Gasteiger partial charge in [0, 0.05) is 23.6 Å². The monoisotopic (exact) mass is 386 g/mol. The molecule has 144 valence electrons. The van der Waals surface area contributed by atoms with Crippen LogP contribution in [-0.4, -0.2) is 33.1 Å². The molecule has 1 atom stereocenters. The summed E-state index contributed by atoms with van der Waals surface area (Å²) < 4.78 is 5.26. The number of hydrogen-bond donors (Lipinski definition) is 2. The lowest BCUT2D eigenvalue weighted by Gasteiger charge is -2.26. The lowest BCUT2D eigenvalue weighted by Crippen LogP contribution is -2.23. The van der Waals surface area contributed by atoms with Crippen molar-refractivity contribution in [2.75, 3.05) is 12.4 Å². The number of aromatic hydroxyl groups is 1. The van der Waals surface area contributed by atoms with E-state index < -0.39 is 0 Å². The molecule has 0 saturated carbocycles. The first-order chi connectivity index (χ1) is 14.1. The van der Waals surface area contributed by atoms with Crippen molar-refractivity contribution in [3.05, 3.63) is 71.8 Å². The molecule has 29 heavy (non-hydrogen) atoms. The highest BCUT2D eigenvalue weighted by molar-refractivity contribution is 5.99. The minimum Gasteiger partial charge on any atom is -0.504 e. The quantitative estimate of drug-likeness (QED) is 0.561. The Morgan fingerprint density at radius 1 is 1.10 bits per heavy atom. The van der Waals surface area contributed by atoms with E-state index in [-0.39, 0.29) is 24.0 Å². The zero-order valence-corrected chi connectivity index (χ0v) is 15.7. The number of hydrogen-bond acceptors (Lipinski definition) is 5. The average molecular weight is 386 g/mol. The van der Waals surface area contributed by atoms with Crippen LogP contribution in [0.15, 0.2) is 60.7 Å². The van der Waals surface area contributed by atoms with Gasteiger partial charge in [-0.25, -0.2) is 0 Å². The van der Waals surface area contributed by atoms with E-state index >= 15 is 0 Å². The van der Waals surface area contributed by atoms with Gasteiger partial charge < -0.3 is 15.2 Å². The summed E-state index contributed by atoms with van der Waals surface area (Å²) >= 11 is 0. The standard InChI is InChI=1S/C22H18N4O3/c1-29-19-11-13(7-10-18(19)27)15-12-20(28)23-16-8-9-17-22(21(15)16)25-26(24-17)14-5-3-2-4-6-14/h2-11,15,27H,12H2,1H3,(H,23,28). The summed E-state index contributed by atoms with van der Waals surface area (Å²) in [7, 11) is 1.50. The highest BCUT2D eigenvalue weighted by Gasteiger charge is 2.30. The van der Waals surface area contributed by atoms with Crippen molar-refractivity contribution in [1.82, 2.24) is 15.0 Å². The molecule has 1 aliphatic heterocycles. The summed E-state index contributed by atoms with van der Waals surface area (Å²) in [5.41, 5.74) is 4.86. The Hall–Kier alpha value is -3.87. The molecule has 0 spiro atoms. The molecule has 3 aromatic carbocycles. The van der Waals surface area contributed by atoms with Crippen molar-refractivity contribution < 1.29 is 14.6 Å². The van der Waals surface area contributed by atoms with E-state index in [1.54, 1.807) is 16.9 Å². The van der Waals surface area contributed by atoms with Crippen LogP contribution >= 0.6 is 0 Å². The van der Waals surface area contributed by atoms with Crippen LogP contribution < -0.4 is 10.1 Å². The predicted molar refractivity (Wildman–Crippen MR) is 109 cm³/mol. The molecule has 0 fully saturated rings. The number of phenols is 1. The number of carbonyl (C=O) groups is 1. The number of ether oxygens (including phenoxy) is 1. The van der Waals surface area contributed by atoms with E-state index in [1.165, 1.54) is 7.11 Å². The maximum atomic E-state index is 12.4. The van der Waals surface area contributed by atoms with E-state index in [0.29, 0.717) is 5.75 Å². The third-order valence-electron chi connectivity index (χ3n) is 5.20. The van der Waals surface area contributed by atoms with Crippen molar-refractivity contribution >= 4 is 22.6 Å². The minimum absolute atomic E-state index is 0.0602. The smallest absolute Gasteiger partial charge is 0.225 e. The molecule has 2 heterocycles. The summed E-state index contributed by atoms with van der Waals surface area (Å²) in [6.45, 7) is 0. The number of fused-ring (bicyclic) bond motifs is 3. The lowest BCUT2D eigenvalue weighted by molar-refractivity contribution is -0.116. The molecule has 5 rings (SSSR count). The van der Waals surface area contributed by atoms with Crippen molar-refractivity contribution in [3.63, 3.8) is 0 Å². The molecule has 4 aromatic rings. The van der Waals surface area contributed by atoms with Gasteiger partial charge in [-0.3, -0.25) is 4.79 Å². The van der Waals surface area contributed by atoms with Gasteiger partial charge >= 0.3 is 0 Å². The Morgan fingerprint density at radius 3 is 2.72 bits per heavy atom. The van der Waals surface area contributed by atoms with Gasteiger partial charge in [0.1, 0.15) is 11.0 Å². The fraction of sp³-hybridized carbons (Fsp3) is 0.136. The third kappa shape index (κ3) is 2.87. The number of amides is 1. The Balaban J connectivity index is 1.71. The van der Waals surface area contributed by atoms with Crippen LogP contribution in [0.3, 0.4) is 0 Å². The summed E-state index contributed by atoms with van der Waals surface area (Å²) in [5, 5.41) is 22.2. The third-order valence-corrected chi connectivity index (χ3v) is 5.20. The Morgan fingerprint density at radius 2 is 1.93 bits per heavy atom. The SMILES string of the molecule is COc1cc(C2CC(=O)Nc3ccc4nn(-c5ccccc5)nc4c32)ccc1O. The van der Waals surface area contributed by atoms with Gasteiger partial charge in [-0.1, -0.05) is 24.3 Å². The molecule has 1 amide bonds. The molecule has 1 unspecified atom stereocenters. The molecule has 1 aromatic heterocycles. The first kappa shape index (κ1) is 17.2. The zero-order chi connectivity index (χ0) is 20.0. The van der Waals surface area contributed by atoms with E-state index in [2.05, 4.69) is 10.4 Å². The molecule has 0 radical (unpaired) electrons. The summed E-state index contributed by atoms with van der Waals surface area (Å²) in [4.78, 5) is 14.0. The Bertz CT molecular complexity index is 1230. The van der Waals surface area contributed by atoms with Crippen LogP contribution in [0.4, 0.5) is 5.69 Å². The topological polar surface area (TPSA) is 89.3 Å². The molecular formula is C22H18N4O3. The van der Waals surface area contributed by atoms with Crippen molar-refractivity contribution in [1.29, 1.82) is 0 Å². The first-order valence-corrected chi connectivity index (χ1v) is 9.26. The van der Waals surface area contributed by atoms with Gasteiger partial charge in [0.25, 0.3) is 0 Å². The number of aromatic nitrogens is 3. The number of nitrogens with zero attached hydrogens (tertiary/aromatic N) is 3. The van der Waals surface area contributed by atoms with Gasteiger partial charge in [0.2, 0.25) is 5.91 Å². The maximum Gasteiger partial charge on any atom is 0.225 e. The number of phenolic OH excluding ortho intramolecular Hbond substituents is 1. The van der Waals surface area contributed by atoms with Crippen LogP contribution in [0.25, 0.3) is 16.7 Å². The summed E-state index contributed by atoms with van der Waals surface area (Å²) in [5.74, 6) is 0.141. The molecule has 7 heteroatoms. The van der Waals surface area contributed by atoms with Crippen LogP contribution in [-0.2, 0) is 4.79 Å². The first-order valence-electron chi connectivity index (χ1n) is 9.26. The second kappa shape index (κ2) is 6.63. The van der Waals surface area contributed by atoms with Crippen LogP contribution in [0.2, 0.25) is 0 Å². The maximum absolute atomic E-state index is 12.4. The van der Waals surface area contributed by atoms with E-state index in [9.17, 15) is 9.90 Å². The van der Waals surface area contributed by atoms with Crippen LogP contribution in [0.5, 0.6) is 11.5 Å². The highest BCUT2D eigenvalue weighted by atomic mass is 16.5. The van der Waals surface area contributed by atoms with Crippen LogP contribution in [0, 0.1) is 0 Å². The summed E-state index contributed by atoms with van der Waals surface area (Å²) in [6.07, 6.45) is 0.276. The number of para-hydroxylation sites is 1. The van der Waals surface area contributed by atoms with E-state index in [0.717, 1.165) is 33.5 Å². The molecular weight excluding hydrogens is 368 g/mol. The average Bonchev–Trinajstić information content (AvgIpc) is 3.18. The van der Waals surface area contributed by atoms with Gasteiger partial charge in [-0.05, 0) is 42.0 Å². The fourth-order valence-corrected chi connectivity index (χ4v) is 3.82. The van der Waals surface area contributed by atoms with Gasteiger partial charge in [0.05, 0.1) is 12.8 Å². The minimum atomic E-state index is -0.224. The normalized spacial score (nSPS) is 15.8. The molecule has 2 N–H and O–H groups in total. The molecule has 7 nitrogen and oxygen atoms in total. The number of benzene rings is 3. The predicted octanol–water partition coefficient (Wildman–Crippen LogP) is 3.61. The molecule has 1 aliphatic rings. The molecule has 0 bridgehead atoms. The lowest BCUT2D eigenvalue weighted by atomic mass is 9.84. The second-order valence-corrected chi connectivity index (χ2v) is 6.96. The van der Waals surface area contributed by atoms with Gasteiger partial charge in [-0.15, -0.1) is 10.2 Å². The Kier molecular flexibility index (Phi) is 3.94. The van der Waals surface area contributed by atoms with Crippen LogP contribution in [0.1, 0.15) is 23.5 Å². The number of nitrogens with one attached hydrogen (secondary N) is 1.